The molecule has 0 bridgehead atoms. The fourth-order valence-corrected chi connectivity index (χ4v) is 3.69. The largest absolute Gasteiger partial charge is 0.361 e. The lowest BCUT2D eigenvalue weighted by Gasteiger charge is -2.32. The summed E-state index contributed by atoms with van der Waals surface area (Å²) in [6.07, 6.45) is 1.67. The molecule has 2 N–H and O–H groups in total. The van der Waals surface area contributed by atoms with Gasteiger partial charge in [0.25, 0.3) is 0 Å². The Morgan fingerprint density at radius 2 is 0.938 bits per heavy atom. The van der Waals surface area contributed by atoms with E-state index >= 15 is 0 Å². The van der Waals surface area contributed by atoms with E-state index in [0.29, 0.717) is 26.3 Å². The van der Waals surface area contributed by atoms with Gasteiger partial charge >= 0.3 is 0 Å². The quantitative estimate of drug-likeness (QED) is 0.460. The smallest absolute Gasteiger partial charge is 0.205 e. The maximum Gasteiger partial charge on any atom is 0.205 e. The molecule has 6 heteroatoms. The van der Waals surface area contributed by atoms with Gasteiger partial charge in [0.15, 0.2) is 0 Å². The van der Waals surface area contributed by atoms with Crippen molar-refractivity contribution in [3.05, 3.63) is 59.7 Å². The molecule has 2 aromatic rings. The number of hydrogen-bond acceptors (Lipinski definition) is 6. The molecule has 0 aliphatic carbocycles. The Morgan fingerprint density at radius 3 is 1.19 bits per heavy atom. The predicted molar refractivity (Wildman–Crippen MR) is 129 cm³/mol. The molecule has 0 heterocycles. The van der Waals surface area contributed by atoms with Gasteiger partial charge in [0.05, 0.1) is 26.3 Å². The third-order valence-corrected chi connectivity index (χ3v) is 5.16. The van der Waals surface area contributed by atoms with Crippen LogP contribution in [0.2, 0.25) is 0 Å². The summed E-state index contributed by atoms with van der Waals surface area (Å²) in [5.74, 6) is -2.69. The molecule has 0 saturated heterocycles. The van der Waals surface area contributed by atoms with Crippen LogP contribution in [0.3, 0.4) is 0 Å². The van der Waals surface area contributed by atoms with Gasteiger partial charge in [-0.3, -0.25) is 0 Å². The van der Waals surface area contributed by atoms with Crippen LogP contribution in [-0.2, 0) is 21.0 Å². The number of benzene rings is 2. The van der Waals surface area contributed by atoms with Crippen molar-refractivity contribution in [2.45, 2.75) is 38.3 Å². The summed E-state index contributed by atoms with van der Waals surface area (Å²) in [7, 11) is 7.66. The Balaban J connectivity index is 2.25. The first-order valence-electron chi connectivity index (χ1n) is 11.4. The molecule has 0 radical (unpaired) electrons. The number of nitrogens with zero attached hydrogens (tertiary/aromatic N) is 2. The van der Waals surface area contributed by atoms with Crippen molar-refractivity contribution in [1.29, 1.82) is 0 Å². The summed E-state index contributed by atoms with van der Waals surface area (Å²) in [6.45, 7) is 5.78. The van der Waals surface area contributed by atoms with Crippen molar-refractivity contribution in [3.8, 4) is 11.1 Å². The van der Waals surface area contributed by atoms with Crippen LogP contribution in [0.5, 0.6) is 0 Å². The molecule has 0 aromatic heterocycles. The second-order valence-electron chi connectivity index (χ2n) is 8.90. The lowest BCUT2D eigenvalue weighted by Crippen LogP contribution is -2.40. The number of aliphatic hydroxyl groups is 2. The van der Waals surface area contributed by atoms with E-state index in [-0.39, 0.29) is 0 Å². The zero-order valence-corrected chi connectivity index (χ0v) is 20.5. The first-order valence-corrected chi connectivity index (χ1v) is 11.4. The number of hydrogen-bond donors (Lipinski definition) is 2. The van der Waals surface area contributed by atoms with E-state index in [2.05, 4.69) is 0 Å². The van der Waals surface area contributed by atoms with Gasteiger partial charge in [-0.25, -0.2) is 0 Å². The number of ether oxygens (including phenoxy) is 2. The van der Waals surface area contributed by atoms with Crippen molar-refractivity contribution >= 4 is 0 Å². The summed E-state index contributed by atoms with van der Waals surface area (Å²) in [5, 5.41) is 22.2. The van der Waals surface area contributed by atoms with Gasteiger partial charge in [0.1, 0.15) is 0 Å². The van der Waals surface area contributed by atoms with Crippen molar-refractivity contribution in [2.75, 3.05) is 54.5 Å². The Labute approximate surface area is 193 Å². The molecular formula is C26H40N2O4. The number of likely N-dealkylation sites (N-methyl/N-ethyl adjacent to an activating group) is 2. The van der Waals surface area contributed by atoms with E-state index in [9.17, 15) is 10.2 Å². The predicted octanol–water partition coefficient (Wildman–Crippen LogP) is 3.62. The van der Waals surface area contributed by atoms with Crippen molar-refractivity contribution in [1.82, 2.24) is 9.80 Å². The van der Waals surface area contributed by atoms with Crippen LogP contribution >= 0.6 is 0 Å². The molecule has 2 rings (SSSR count). The van der Waals surface area contributed by atoms with E-state index in [1.54, 1.807) is 0 Å². The van der Waals surface area contributed by atoms with Crippen LogP contribution in [0.1, 0.15) is 37.8 Å². The fourth-order valence-electron chi connectivity index (χ4n) is 3.69. The minimum atomic E-state index is -1.35. The standard InChI is InChI=1S/C26H40N2O4/c1-7-17-31-25(29,19-27(3)4)23-13-9-21(10-14-23)22-11-15-24(16-12-22)26(30,20-28(5)6)32-18-8-2/h9-16,29-30H,7-8,17-20H2,1-6H3. The fraction of sp³-hybridized carbons (Fsp3) is 0.538. The zero-order valence-electron chi connectivity index (χ0n) is 20.5. The van der Waals surface area contributed by atoms with Crippen molar-refractivity contribution < 1.29 is 19.7 Å². The van der Waals surface area contributed by atoms with Gasteiger partial charge in [-0.05, 0) is 52.2 Å². The van der Waals surface area contributed by atoms with Gasteiger partial charge in [-0.2, -0.15) is 0 Å². The average Bonchev–Trinajstić information content (AvgIpc) is 2.75. The second-order valence-corrected chi connectivity index (χ2v) is 8.90. The van der Waals surface area contributed by atoms with E-state index in [0.717, 1.165) is 35.1 Å². The summed E-state index contributed by atoms with van der Waals surface area (Å²) in [5.41, 5.74) is 3.50. The molecule has 178 valence electrons. The highest BCUT2D eigenvalue weighted by molar-refractivity contribution is 5.64. The summed E-state index contributed by atoms with van der Waals surface area (Å²) in [4.78, 5) is 3.83. The second kappa shape index (κ2) is 11.9. The molecule has 32 heavy (non-hydrogen) atoms. The lowest BCUT2D eigenvalue weighted by atomic mass is 9.97. The molecule has 2 aromatic carbocycles. The van der Waals surface area contributed by atoms with E-state index < -0.39 is 11.6 Å². The minimum absolute atomic E-state index is 0.378. The van der Waals surface area contributed by atoms with Gasteiger partial charge in [0, 0.05) is 11.1 Å². The monoisotopic (exact) mass is 444 g/mol. The summed E-state index contributed by atoms with van der Waals surface area (Å²) < 4.78 is 11.6. The van der Waals surface area contributed by atoms with Crippen molar-refractivity contribution in [3.63, 3.8) is 0 Å². The third kappa shape index (κ3) is 7.10. The Kier molecular flexibility index (Phi) is 9.83. The third-order valence-electron chi connectivity index (χ3n) is 5.16. The SMILES string of the molecule is CCCOC(O)(CN(C)C)c1ccc(-c2ccc(C(O)(CN(C)C)OCCC)cc2)cc1. The van der Waals surface area contributed by atoms with Gasteiger partial charge < -0.3 is 29.5 Å². The van der Waals surface area contributed by atoms with Crippen LogP contribution in [0, 0.1) is 0 Å². The van der Waals surface area contributed by atoms with E-state index in [1.807, 2.05) is 100 Å². The maximum atomic E-state index is 11.1. The normalized spacial score (nSPS) is 15.7. The van der Waals surface area contributed by atoms with Crippen LogP contribution in [0.4, 0.5) is 0 Å². The molecular weight excluding hydrogens is 404 g/mol. The van der Waals surface area contributed by atoms with E-state index in [4.69, 9.17) is 9.47 Å². The lowest BCUT2D eigenvalue weighted by molar-refractivity contribution is -0.220. The summed E-state index contributed by atoms with van der Waals surface area (Å²) >= 11 is 0. The first kappa shape index (κ1) is 26.5. The topological polar surface area (TPSA) is 65.4 Å². The molecule has 0 aliphatic rings. The average molecular weight is 445 g/mol. The zero-order chi connectivity index (χ0) is 23.8. The van der Waals surface area contributed by atoms with Crippen LogP contribution in [0.25, 0.3) is 11.1 Å². The van der Waals surface area contributed by atoms with Crippen LogP contribution in [0.15, 0.2) is 48.5 Å². The first-order chi connectivity index (χ1) is 15.1. The van der Waals surface area contributed by atoms with Crippen molar-refractivity contribution in [2.24, 2.45) is 0 Å². The highest BCUT2D eigenvalue weighted by atomic mass is 16.6. The molecule has 0 spiro atoms. The molecule has 0 aliphatic heterocycles. The Morgan fingerprint density at radius 1 is 0.625 bits per heavy atom. The molecule has 0 fully saturated rings. The van der Waals surface area contributed by atoms with Gasteiger partial charge in [0.2, 0.25) is 11.6 Å². The Bertz CT molecular complexity index is 738. The highest BCUT2D eigenvalue weighted by Gasteiger charge is 2.32. The van der Waals surface area contributed by atoms with E-state index in [1.165, 1.54) is 0 Å². The highest BCUT2D eigenvalue weighted by Crippen LogP contribution is 2.30. The molecule has 0 saturated carbocycles. The maximum absolute atomic E-state index is 11.1. The van der Waals surface area contributed by atoms with Crippen LogP contribution in [-0.4, -0.2) is 74.5 Å². The van der Waals surface area contributed by atoms with Gasteiger partial charge in [-0.1, -0.05) is 62.4 Å². The molecule has 0 amide bonds. The number of rotatable bonds is 13. The van der Waals surface area contributed by atoms with Gasteiger partial charge in [-0.15, -0.1) is 0 Å². The van der Waals surface area contributed by atoms with Crippen LogP contribution < -0.4 is 0 Å². The summed E-state index contributed by atoms with van der Waals surface area (Å²) in [6, 6.07) is 15.6. The molecule has 2 unspecified atom stereocenters. The Hall–Kier alpha value is -1.80. The molecule has 6 nitrogen and oxygen atoms in total. The minimum Gasteiger partial charge on any atom is -0.361 e. The molecule has 2 atom stereocenters.